The lowest BCUT2D eigenvalue weighted by atomic mass is 10.2. The van der Waals surface area contributed by atoms with Gasteiger partial charge in [0.1, 0.15) is 6.04 Å². The Bertz CT molecular complexity index is 635. The summed E-state index contributed by atoms with van der Waals surface area (Å²) < 4.78 is 1.84. The molecule has 2 aromatic rings. The van der Waals surface area contributed by atoms with Gasteiger partial charge in [0.05, 0.1) is 23.8 Å². The van der Waals surface area contributed by atoms with E-state index in [0.29, 0.717) is 11.2 Å². The Labute approximate surface area is 108 Å². The Morgan fingerprint density at radius 3 is 2.79 bits per heavy atom. The highest BCUT2D eigenvalue weighted by molar-refractivity contribution is 5.85. The van der Waals surface area contributed by atoms with Crippen LogP contribution in [0.25, 0.3) is 11.0 Å². The van der Waals surface area contributed by atoms with E-state index >= 15 is 0 Å². The maximum Gasteiger partial charge on any atom is 0.326 e. The number of carboxylic acid groups (broad SMARTS) is 2. The van der Waals surface area contributed by atoms with Gasteiger partial charge in [-0.05, 0) is 18.2 Å². The Balaban J connectivity index is 2.23. The molecule has 0 aliphatic carbocycles. The largest absolute Gasteiger partial charge is 0.481 e. The number of hydrogen-bond acceptors (Lipinski definition) is 4. The highest BCUT2D eigenvalue weighted by atomic mass is 16.4. The number of aryl methyl sites for hydroxylation is 1. The molecule has 0 saturated heterocycles. The maximum absolute atomic E-state index is 11.0. The van der Waals surface area contributed by atoms with Crippen molar-refractivity contribution in [3.8, 4) is 0 Å². The van der Waals surface area contributed by atoms with Crippen molar-refractivity contribution in [1.82, 2.24) is 9.55 Å². The van der Waals surface area contributed by atoms with Crippen molar-refractivity contribution >= 4 is 28.7 Å². The van der Waals surface area contributed by atoms with Crippen molar-refractivity contribution < 1.29 is 19.8 Å². The first-order valence-electron chi connectivity index (χ1n) is 5.59. The van der Waals surface area contributed by atoms with Crippen LogP contribution in [0.4, 0.5) is 5.69 Å². The van der Waals surface area contributed by atoms with Crippen molar-refractivity contribution in [2.45, 2.75) is 12.5 Å². The summed E-state index contributed by atoms with van der Waals surface area (Å²) in [6.45, 7) is 0. The molecule has 1 unspecified atom stereocenters. The van der Waals surface area contributed by atoms with E-state index in [-0.39, 0.29) is 0 Å². The molecular formula is C12H13N3O4. The third-order valence-corrected chi connectivity index (χ3v) is 2.74. The van der Waals surface area contributed by atoms with Gasteiger partial charge in [0.15, 0.2) is 0 Å². The van der Waals surface area contributed by atoms with Crippen LogP contribution < -0.4 is 5.32 Å². The molecule has 1 aromatic heterocycles. The third kappa shape index (κ3) is 2.82. The van der Waals surface area contributed by atoms with Gasteiger partial charge in [-0.15, -0.1) is 0 Å². The minimum absolute atomic E-state index is 0.490. The second kappa shape index (κ2) is 4.97. The molecule has 7 nitrogen and oxygen atoms in total. The second-order valence-electron chi connectivity index (χ2n) is 4.19. The monoisotopic (exact) mass is 263 g/mol. The SMILES string of the molecule is Cn1cnc2cc(NC(CC(=O)O)C(=O)O)ccc21. The topological polar surface area (TPSA) is 104 Å². The molecule has 0 aliphatic heterocycles. The predicted molar refractivity (Wildman–Crippen MR) is 68.0 cm³/mol. The van der Waals surface area contributed by atoms with Crippen LogP contribution in [0.3, 0.4) is 0 Å². The van der Waals surface area contributed by atoms with E-state index in [0.717, 1.165) is 5.52 Å². The van der Waals surface area contributed by atoms with Crippen LogP contribution in [-0.2, 0) is 16.6 Å². The zero-order chi connectivity index (χ0) is 14.0. The molecule has 0 saturated carbocycles. The van der Waals surface area contributed by atoms with Crippen LogP contribution in [0.1, 0.15) is 6.42 Å². The minimum Gasteiger partial charge on any atom is -0.481 e. The Hall–Kier alpha value is -2.57. The Morgan fingerprint density at radius 2 is 2.16 bits per heavy atom. The lowest BCUT2D eigenvalue weighted by molar-refractivity contribution is -0.144. The summed E-state index contributed by atoms with van der Waals surface area (Å²) in [6.07, 6.45) is 1.16. The molecule has 19 heavy (non-hydrogen) atoms. The first-order valence-corrected chi connectivity index (χ1v) is 5.59. The summed E-state index contributed by atoms with van der Waals surface area (Å²) in [5.41, 5.74) is 2.16. The number of fused-ring (bicyclic) bond motifs is 1. The molecule has 0 radical (unpaired) electrons. The first-order chi connectivity index (χ1) is 8.97. The number of carbonyl (C=O) groups is 2. The number of nitrogens with one attached hydrogen (secondary N) is 1. The van der Waals surface area contributed by atoms with Gasteiger partial charge >= 0.3 is 11.9 Å². The number of rotatable bonds is 5. The third-order valence-electron chi connectivity index (χ3n) is 2.74. The number of carboxylic acids is 2. The van der Waals surface area contributed by atoms with Crippen molar-refractivity contribution in [2.24, 2.45) is 7.05 Å². The lowest BCUT2D eigenvalue weighted by Gasteiger charge is -2.13. The standard InChI is InChI=1S/C12H13N3O4/c1-15-6-13-8-4-7(2-3-10(8)15)14-9(12(18)19)5-11(16)17/h2-4,6,9,14H,5H2,1H3,(H,16,17)(H,18,19). The highest BCUT2D eigenvalue weighted by Crippen LogP contribution is 2.18. The van der Waals surface area contributed by atoms with Crippen LogP contribution in [0.2, 0.25) is 0 Å². The number of hydrogen-bond donors (Lipinski definition) is 3. The van der Waals surface area contributed by atoms with Crippen molar-refractivity contribution in [3.05, 3.63) is 24.5 Å². The average Bonchev–Trinajstić information content (AvgIpc) is 2.69. The zero-order valence-corrected chi connectivity index (χ0v) is 10.2. The van der Waals surface area contributed by atoms with Gasteiger partial charge < -0.3 is 20.1 Å². The van der Waals surface area contributed by atoms with E-state index in [4.69, 9.17) is 10.2 Å². The molecule has 2 rings (SSSR count). The van der Waals surface area contributed by atoms with Gasteiger partial charge in [0.25, 0.3) is 0 Å². The molecule has 0 bridgehead atoms. The number of benzene rings is 1. The van der Waals surface area contributed by atoms with E-state index in [1.807, 2.05) is 11.6 Å². The number of imidazole rings is 1. The molecule has 1 atom stereocenters. The molecule has 0 spiro atoms. The fraction of sp³-hybridized carbons (Fsp3) is 0.250. The van der Waals surface area contributed by atoms with Crippen LogP contribution >= 0.6 is 0 Å². The van der Waals surface area contributed by atoms with Crippen LogP contribution in [0.15, 0.2) is 24.5 Å². The molecule has 0 aliphatic rings. The normalized spacial score (nSPS) is 12.3. The number of nitrogens with zero attached hydrogens (tertiary/aromatic N) is 2. The molecule has 1 aromatic carbocycles. The van der Waals surface area contributed by atoms with E-state index in [1.54, 1.807) is 24.5 Å². The van der Waals surface area contributed by atoms with E-state index in [9.17, 15) is 9.59 Å². The predicted octanol–water partition coefficient (Wildman–Crippen LogP) is 0.913. The molecule has 1 heterocycles. The minimum atomic E-state index is -1.21. The van der Waals surface area contributed by atoms with Gasteiger partial charge in [-0.25, -0.2) is 9.78 Å². The Kier molecular flexibility index (Phi) is 3.37. The van der Waals surface area contributed by atoms with Gasteiger partial charge in [-0.1, -0.05) is 0 Å². The summed E-state index contributed by atoms with van der Waals surface area (Å²) in [7, 11) is 1.85. The number of aliphatic carboxylic acids is 2. The lowest BCUT2D eigenvalue weighted by Crippen LogP contribution is -2.31. The van der Waals surface area contributed by atoms with Crippen molar-refractivity contribution in [3.63, 3.8) is 0 Å². The smallest absolute Gasteiger partial charge is 0.326 e. The summed E-state index contributed by atoms with van der Waals surface area (Å²) >= 11 is 0. The summed E-state index contributed by atoms with van der Waals surface area (Å²) in [5, 5.41) is 20.3. The van der Waals surface area contributed by atoms with E-state index in [1.165, 1.54) is 0 Å². The molecular weight excluding hydrogens is 250 g/mol. The van der Waals surface area contributed by atoms with Crippen LogP contribution in [0.5, 0.6) is 0 Å². The summed E-state index contributed by atoms with van der Waals surface area (Å²) in [5.74, 6) is -2.37. The van der Waals surface area contributed by atoms with Gasteiger partial charge in [0, 0.05) is 12.7 Å². The zero-order valence-electron chi connectivity index (χ0n) is 10.2. The first kappa shape index (κ1) is 12.9. The van der Waals surface area contributed by atoms with Crippen LogP contribution in [0, 0.1) is 0 Å². The van der Waals surface area contributed by atoms with Gasteiger partial charge in [-0.3, -0.25) is 4.79 Å². The number of anilines is 1. The van der Waals surface area contributed by atoms with Gasteiger partial charge in [0.2, 0.25) is 0 Å². The second-order valence-corrected chi connectivity index (χ2v) is 4.19. The molecule has 0 amide bonds. The van der Waals surface area contributed by atoms with E-state index < -0.39 is 24.4 Å². The summed E-state index contributed by atoms with van der Waals surface area (Å²) in [4.78, 5) is 25.7. The molecule has 3 N–H and O–H groups in total. The van der Waals surface area contributed by atoms with Crippen molar-refractivity contribution in [1.29, 1.82) is 0 Å². The quantitative estimate of drug-likeness (QED) is 0.740. The van der Waals surface area contributed by atoms with E-state index in [2.05, 4.69) is 10.3 Å². The fourth-order valence-electron chi connectivity index (χ4n) is 1.80. The fourth-order valence-corrected chi connectivity index (χ4v) is 1.80. The Morgan fingerprint density at radius 1 is 1.42 bits per heavy atom. The average molecular weight is 263 g/mol. The molecule has 7 heteroatoms. The number of aromatic nitrogens is 2. The molecule has 100 valence electrons. The molecule has 0 fully saturated rings. The van der Waals surface area contributed by atoms with Gasteiger partial charge in [-0.2, -0.15) is 0 Å². The van der Waals surface area contributed by atoms with Crippen LogP contribution in [-0.4, -0.2) is 37.7 Å². The maximum atomic E-state index is 11.0. The summed E-state index contributed by atoms with van der Waals surface area (Å²) in [6, 6.07) is 4.01. The highest BCUT2D eigenvalue weighted by Gasteiger charge is 2.20. The van der Waals surface area contributed by atoms with Crippen molar-refractivity contribution in [2.75, 3.05) is 5.32 Å².